The number of aliphatic hydroxyl groups excluding tert-OH is 1. The average Bonchev–Trinajstić information content (AvgIpc) is 3.17. The van der Waals surface area contributed by atoms with Gasteiger partial charge in [0, 0.05) is 12.1 Å². The number of benzene rings is 3. The Bertz CT molecular complexity index is 1350. The van der Waals surface area contributed by atoms with Crippen molar-refractivity contribution in [2.45, 2.75) is 32.7 Å². The number of aliphatic hydroxyl groups is 1. The smallest absolute Gasteiger partial charge is 0.295 e. The second-order valence-electron chi connectivity index (χ2n) is 9.97. The number of hydrogen-bond donors (Lipinski definition) is 1. The molecule has 7 heteroatoms. The molecule has 1 amide bonds. The first kappa shape index (κ1) is 27.9. The van der Waals surface area contributed by atoms with Gasteiger partial charge in [-0.05, 0) is 94.0 Å². The van der Waals surface area contributed by atoms with Gasteiger partial charge in [0.1, 0.15) is 23.0 Å². The third-order valence-corrected chi connectivity index (χ3v) is 6.61. The molecule has 204 valence electrons. The van der Waals surface area contributed by atoms with Gasteiger partial charge in [0.15, 0.2) is 0 Å². The summed E-state index contributed by atoms with van der Waals surface area (Å²) in [7, 11) is 3.93. The van der Waals surface area contributed by atoms with Crippen LogP contribution in [0.25, 0.3) is 5.76 Å². The van der Waals surface area contributed by atoms with Gasteiger partial charge in [0.25, 0.3) is 11.7 Å². The van der Waals surface area contributed by atoms with Crippen LogP contribution in [0.3, 0.4) is 0 Å². The quantitative estimate of drug-likeness (QED) is 0.188. The van der Waals surface area contributed by atoms with Crippen LogP contribution < -0.4 is 9.47 Å². The van der Waals surface area contributed by atoms with Crippen molar-refractivity contribution in [3.8, 4) is 17.2 Å². The van der Waals surface area contributed by atoms with E-state index < -0.39 is 17.7 Å². The minimum atomic E-state index is -0.747. The molecule has 0 radical (unpaired) electrons. The van der Waals surface area contributed by atoms with E-state index in [9.17, 15) is 14.7 Å². The van der Waals surface area contributed by atoms with Crippen LogP contribution in [0.5, 0.6) is 17.2 Å². The molecule has 0 aliphatic carbocycles. The summed E-state index contributed by atoms with van der Waals surface area (Å²) in [5.41, 5.74) is 2.06. The van der Waals surface area contributed by atoms with Gasteiger partial charge in [-0.2, -0.15) is 0 Å². The molecule has 1 saturated heterocycles. The molecule has 1 atom stereocenters. The molecular weight excluding hydrogens is 492 g/mol. The SMILES string of the molecule is CCCOc1ccc(C(O)=C2C(=O)C(=O)N(CCCN(C)C)C2c2cccc(Oc3ccccc3)c2)cc1C. The van der Waals surface area contributed by atoms with Crippen LogP contribution in [-0.4, -0.2) is 60.4 Å². The Morgan fingerprint density at radius 1 is 0.974 bits per heavy atom. The highest BCUT2D eigenvalue weighted by Crippen LogP contribution is 2.41. The first-order valence-electron chi connectivity index (χ1n) is 13.3. The number of aryl methyl sites for hydroxylation is 1. The van der Waals surface area contributed by atoms with E-state index in [2.05, 4.69) is 0 Å². The summed E-state index contributed by atoms with van der Waals surface area (Å²) in [6.45, 7) is 5.64. The highest BCUT2D eigenvalue weighted by atomic mass is 16.5. The van der Waals surface area contributed by atoms with Gasteiger partial charge in [0.05, 0.1) is 18.2 Å². The Labute approximate surface area is 230 Å². The van der Waals surface area contributed by atoms with Crippen molar-refractivity contribution >= 4 is 17.4 Å². The lowest BCUT2D eigenvalue weighted by Crippen LogP contribution is -2.32. The van der Waals surface area contributed by atoms with Gasteiger partial charge in [-0.15, -0.1) is 0 Å². The summed E-state index contributed by atoms with van der Waals surface area (Å²) in [6, 6.07) is 21.3. The molecule has 1 fully saturated rings. The number of ketones is 1. The van der Waals surface area contributed by atoms with E-state index in [1.54, 1.807) is 23.1 Å². The lowest BCUT2D eigenvalue weighted by atomic mass is 9.94. The number of nitrogens with zero attached hydrogens (tertiary/aromatic N) is 2. The van der Waals surface area contributed by atoms with Crippen molar-refractivity contribution in [3.63, 3.8) is 0 Å². The maximum atomic E-state index is 13.4. The predicted molar refractivity (Wildman–Crippen MR) is 152 cm³/mol. The summed E-state index contributed by atoms with van der Waals surface area (Å²) in [5.74, 6) is 0.462. The minimum absolute atomic E-state index is 0.0725. The van der Waals surface area contributed by atoms with Crippen LogP contribution in [0.15, 0.2) is 78.4 Å². The standard InChI is InChI=1S/C32H36N2O5/c1-5-19-38-27-16-15-24(20-22(27)2)30(35)28-29(34(32(37)31(28)36)18-10-17-33(3)4)23-11-9-14-26(21-23)39-25-12-7-6-8-13-25/h6-9,11-16,20-21,29,35H,5,10,17-19H2,1-4H3. The minimum Gasteiger partial charge on any atom is -0.507 e. The Balaban J connectivity index is 1.76. The maximum Gasteiger partial charge on any atom is 0.295 e. The summed E-state index contributed by atoms with van der Waals surface area (Å²) >= 11 is 0. The van der Waals surface area contributed by atoms with Gasteiger partial charge < -0.3 is 24.4 Å². The molecule has 0 bridgehead atoms. The Morgan fingerprint density at radius 3 is 2.41 bits per heavy atom. The van der Waals surface area contributed by atoms with Crippen molar-refractivity contribution in [2.24, 2.45) is 0 Å². The zero-order valence-corrected chi connectivity index (χ0v) is 23.0. The fourth-order valence-corrected chi connectivity index (χ4v) is 4.71. The lowest BCUT2D eigenvalue weighted by molar-refractivity contribution is -0.139. The molecule has 1 heterocycles. The van der Waals surface area contributed by atoms with E-state index in [4.69, 9.17) is 9.47 Å². The molecule has 7 nitrogen and oxygen atoms in total. The fourth-order valence-electron chi connectivity index (χ4n) is 4.71. The normalized spacial score (nSPS) is 16.6. The molecule has 1 unspecified atom stereocenters. The first-order valence-corrected chi connectivity index (χ1v) is 13.3. The number of carbonyl (C=O) groups excluding carboxylic acids is 2. The van der Waals surface area contributed by atoms with E-state index in [0.29, 0.717) is 42.2 Å². The summed E-state index contributed by atoms with van der Waals surface area (Å²) < 4.78 is 11.8. The Hall–Kier alpha value is -4.10. The zero-order valence-electron chi connectivity index (χ0n) is 23.0. The predicted octanol–water partition coefficient (Wildman–Crippen LogP) is 5.95. The van der Waals surface area contributed by atoms with Crippen molar-refractivity contribution in [3.05, 3.63) is 95.1 Å². The van der Waals surface area contributed by atoms with E-state index >= 15 is 0 Å². The van der Waals surface area contributed by atoms with E-state index in [1.807, 2.05) is 87.4 Å². The van der Waals surface area contributed by atoms with E-state index in [-0.39, 0.29) is 11.3 Å². The lowest BCUT2D eigenvalue weighted by Gasteiger charge is -2.26. The molecule has 4 rings (SSSR count). The van der Waals surface area contributed by atoms with Gasteiger partial charge in [-0.1, -0.05) is 37.3 Å². The van der Waals surface area contributed by atoms with Crippen LogP contribution in [0.4, 0.5) is 0 Å². The van der Waals surface area contributed by atoms with Gasteiger partial charge in [-0.3, -0.25) is 9.59 Å². The van der Waals surface area contributed by atoms with Crippen LogP contribution in [0.1, 0.15) is 42.5 Å². The summed E-state index contributed by atoms with van der Waals surface area (Å²) in [4.78, 5) is 30.3. The molecule has 39 heavy (non-hydrogen) atoms. The molecule has 1 aliphatic heterocycles. The first-order chi connectivity index (χ1) is 18.8. The highest BCUT2D eigenvalue weighted by molar-refractivity contribution is 6.46. The zero-order chi connectivity index (χ0) is 27.9. The summed E-state index contributed by atoms with van der Waals surface area (Å²) in [5, 5.41) is 11.5. The monoisotopic (exact) mass is 528 g/mol. The summed E-state index contributed by atoms with van der Waals surface area (Å²) in [6.07, 6.45) is 1.56. The number of carbonyl (C=O) groups is 2. The molecule has 0 spiro atoms. The van der Waals surface area contributed by atoms with Crippen molar-refractivity contribution in [1.82, 2.24) is 9.80 Å². The number of amides is 1. The second-order valence-corrected chi connectivity index (χ2v) is 9.97. The largest absolute Gasteiger partial charge is 0.507 e. The van der Waals surface area contributed by atoms with Crippen LogP contribution >= 0.6 is 0 Å². The van der Waals surface area contributed by atoms with Crippen molar-refractivity contribution in [1.29, 1.82) is 0 Å². The average molecular weight is 529 g/mol. The Morgan fingerprint density at radius 2 is 1.72 bits per heavy atom. The molecule has 3 aromatic rings. The molecule has 0 aromatic heterocycles. The van der Waals surface area contributed by atoms with Gasteiger partial charge >= 0.3 is 0 Å². The highest BCUT2D eigenvalue weighted by Gasteiger charge is 2.46. The van der Waals surface area contributed by atoms with Crippen molar-refractivity contribution in [2.75, 3.05) is 33.8 Å². The Kier molecular flexibility index (Phi) is 9.04. The van der Waals surface area contributed by atoms with Crippen LogP contribution in [0, 0.1) is 6.92 Å². The topological polar surface area (TPSA) is 79.3 Å². The van der Waals surface area contributed by atoms with Crippen LogP contribution in [0.2, 0.25) is 0 Å². The third-order valence-electron chi connectivity index (χ3n) is 6.61. The van der Waals surface area contributed by atoms with Gasteiger partial charge in [0.2, 0.25) is 0 Å². The number of rotatable bonds is 11. The number of Topliss-reactive ketones (excluding diaryl/α,β-unsaturated/α-hetero) is 1. The third kappa shape index (κ3) is 6.49. The molecular formula is C32H36N2O5. The van der Waals surface area contributed by atoms with Crippen molar-refractivity contribution < 1.29 is 24.2 Å². The fraction of sp³-hybridized carbons (Fsp3) is 0.312. The molecule has 1 aliphatic rings. The number of para-hydroxylation sites is 1. The molecule has 1 N–H and O–H groups in total. The number of ether oxygens (including phenoxy) is 2. The second kappa shape index (κ2) is 12.6. The number of likely N-dealkylation sites (tertiary alicyclic amines) is 1. The van der Waals surface area contributed by atoms with Crippen LogP contribution in [-0.2, 0) is 9.59 Å². The number of hydrogen-bond acceptors (Lipinski definition) is 6. The molecule has 3 aromatic carbocycles. The maximum absolute atomic E-state index is 13.4. The van der Waals surface area contributed by atoms with Gasteiger partial charge in [-0.25, -0.2) is 0 Å². The van der Waals surface area contributed by atoms with E-state index in [1.165, 1.54) is 0 Å². The molecule has 0 saturated carbocycles. The van der Waals surface area contributed by atoms with E-state index in [0.717, 1.165) is 24.3 Å².